The smallest absolute Gasteiger partial charge is 0.329 e. The average molecular weight is 395 g/mol. The van der Waals surface area contributed by atoms with Gasteiger partial charge in [0, 0.05) is 17.0 Å². The summed E-state index contributed by atoms with van der Waals surface area (Å²) in [5, 5.41) is 9.50. The Morgan fingerprint density at radius 1 is 1.26 bits per heavy atom. The highest BCUT2D eigenvalue weighted by Gasteiger charge is 2.55. The van der Waals surface area contributed by atoms with Gasteiger partial charge in [-0.3, -0.25) is 0 Å². The number of hydrogen-bond acceptors (Lipinski definition) is 4. The molecule has 0 unspecified atom stereocenters. The standard InChI is InChI=1S/C21H27ClO5/c1-19(2)9-14-7-16(22)8-15(18(14)27-19)10-26-21-5-3-20(12-21,4-6-21)13-25-11-17(23)24/h7-8H,3-6,9-13H2,1-2H3,(H,23,24). The molecule has 27 heavy (non-hydrogen) atoms. The average Bonchev–Trinajstić information content (AvgIpc) is 3.21. The van der Waals surface area contributed by atoms with E-state index < -0.39 is 5.97 Å². The van der Waals surface area contributed by atoms with Crippen molar-refractivity contribution in [3.05, 3.63) is 28.3 Å². The second-order valence-corrected chi connectivity index (χ2v) is 9.56. The van der Waals surface area contributed by atoms with Gasteiger partial charge in [0.05, 0.1) is 18.8 Å². The van der Waals surface area contributed by atoms with E-state index in [0.29, 0.717) is 13.2 Å². The Morgan fingerprint density at radius 2 is 2.00 bits per heavy atom. The largest absolute Gasteiger partial charge is 0.487 e. The quantitative estimate of drug-likeness (QED) is 0.743. The lowest BCUT2D eigenvalue weighted by Gasteiger charge is -2.28. The van der Waals surface area contributed by atoms with Crippen LogP contribution in [0.15, 0.2) is 12.1 Å². The topological polar surface area (TPSA) is 65.0 Å². The first-order valence-corrected chi connectivity index (χ1v) is 10.0. The van der Waals surface area contributed by atoms with Crippen molar-refractivity contribution in [3.63, 3.8) is 0 Å². The number of hydrogen-bond donors (Lipinski definition) is 1. The van der Waals surface area contributed by atoms with E-state index in [2.05, 4.69) is 13.8 Å². The monoisotopic (exact) mass is 394 g/mol. The lowest BCUT2D eigenvalue weighted by molar-refractivity contribution is -0.143. The lowest BCUT2D eigenvalue weighted by Crippen LogP contribution is -2.27. The number of fused-ring (bicyclic) bond motifs is 3. The van der Waals surface area contributed by atoms with Gasteiger partial charge in [-0.25, -0.2) is 4.79 Å². The van der Waals surface area contributed by atoms with Gasteiger partial charge in [0.15, 0.2) is 0 Å². The molecule has 0 aromatic heterocycles. The molecule has 4 rings (SSSR count). The number of rotatable bonds is 7. The number of carboxylic acids is 1. The van der Waals surface area contributed by atoms with Crippen molar-refractivity contribution in [2.75, 3.05) is 13.2 Å². The van der Waals surface area contributed by atoms with Crippen LogP contribution in [0.2, 0.25) is 5.02 Å². The minimum atomic E-state index is -0.914. The van der Waals surface area contributed by atoms with E-state index in [0.717, 1.165) is 60.4 Å². The maximum absolute atomic E-state index is 10.7. The van der Waals surface area contributed by atoms with Crippen LogP contribution in [0.1, 0.15) is 57.1 Å². The zero-order valence-corrected chi connectivity index (χ0v) is 16.7. The molecule has 1 aliphatic heterocycles. The maximum atomic E-state index is 10.7. The molecule has 0 saturated heterocycles. The van der Waals surface area contributed by atoms with Gasteiger partial charge in [0.1, 0.15) is 18.0 Å². The predicted octanol–water partition coefficient (Wildman–Crippen LogP) is 4.37. The van der Waals surface area contributed by atoms with Gasteiger partial charge < -0.3 is 19.3 Å². The third-order valence-corrected chi connectivity index (χ3v) is 6.51. The summed E-state index contributed by atoms with van der Waals surface area (Å²) in [4.78, 5) is 10.7. The van der Waals surface area contributed by atoms with Crippen molar-refractivity contribution in [1.82, 2.24) is 0 Å². The lowest BCUT2D eigenvalue weighted by atomic mass is 9.85. The zero-order valence-electron chi connectivity index (χ0n) is 16.0. The second kappa shape index (κ2) is 6.64. The molecular formula is C21H27ClO5. The van der Waals surface area contributed by atoms with E-state index in [4.69, 9.17) is 30.9 Å². The van der Waals surface area contributed by atoms with Crippen molar-refractivity contribution in [2.45, 2.75) is 70.2 Å². The van der Waals surface area contributed by atoms with Crippen LogP contribution in [0.5, 0.6) is 5.75 Å². The number of ether oxygens (including phenoxy) is 3. The van der Waals surface area contributed by atoms with Crippen LogP contribution in [0.3, 0.4) is 0 Å². The van der Waals surface area contributed by atoms with Crippen molar-refractivity contribution >= 4 is 17.6 Å². The van der Waals surface area contributed by atoms with Gasteiger partial charge >= 0.3 is 5.97 Å². The Morgan fingerprint density at radius 3 is 2.70 bits per heavy atom. The summed E-state index contributed by atoms with van der Waals surface area (Å²) in [6, 6.07) is 3.94. The fourth-order valence-corrected chi connectivity index (χ4v) is 5.37. The molecule has 6 heteroatoms. The summed E-state index contributed by atoms with van der Waals surface area (Å²) >= 11 is 6.32. The molecule has 0 radical (unpaired) electrons. The highest BCUT2D eigenvalue weighted by atomic mass is 35.5. The van der Waals surface area contributed by atoms with Crippen LogP contribution in [-0.4, -0.2) is 35.5 Å². The van der Waals surface area contributed by atoms with Crippen LogP contribution in [0.4, 0.5) is 0 Å². The number of halogens is 1. The Bertz CT molecular complexity index is 749. The fraction of sp³-hybridized carbons (Fsp3) is 0.667. The van der Waals surface area contributed by atoms with E-state index in [-0.39, 0.29) is 23.2 Å². The molecule has 2 fully saturated rings. The zero-order chi connectivity index (χ0) is 19.3. The van der Waals surface area contributed by atoms with Crippen LogP contribution in [0.25, 0.3) is 0 Å². The molecule has 0 atom stereocenters. The van der Waals surface area contributed by atoms with Crippen molar-refractivity contribution in [3.8, 4) is 5.75 Å². The van der Waals surface area contributed by atoms with Gasteiger partial charge in [-0.15, -0.1) is 0 Å². The van der Waals surface area contributed by atoms with E-state index in [1.807, 2.05) is 12.1 Å². The van der Waals surface area contributed by atoms with Crippen molar-refractivity contribution < 1.29 is 24.1 Å². The van der Waals surface area contributed by atoms with Crippen LogP contribution < -0.4 is 4.74 Å². The van der Waals surface area contributed by atoms with Gasteiger partial charge in [-0.05, 0) is 69.1 Å². The fourth-order valence-electron chi connectivity index (χ4n) is 5.10. The number of carboxylic acid groups (broad SMARTS) is 1. The number of benzene rings is 1. The molecule has 1 heterocycles. The van der Waals surface area contributed by atoms with Crippen LogP contribution in [-0.2, 0) is 27.3 Å². The Labute approximate surface area is 164 Å². The minimum Gasteiger partial charge on any atom is -0.487 e. The third-order valence-electron chi connectivity index (χ3n) is 6.29. The first kappa shape index (κ1) is 19.0. The van der Waals surface area contributed by atoms with Crippen LogP contribution >= 0.6 is 11.6 Å². The Hall–Kier alpha value is -1.30. The summed E-state index contributed by atoms with van der Waals surface area (Å²) in [5.41, 5.74) is 1.90. The predicted molar refractivity (Wildman–Crippen MR) is 101 cm³/mol. The molecule has 1 aromatic carbocycles. The molecule has 5 nitrogen and oxygen atoms in total. The summed E-state index contributed by atoms with van der Waals surface area (Å²) < 4.78 is 18.0. The third kappa shape index (κ3) is 3.82. The summed E-state index contributed by atoms with van der Waals surface area (Å²) in [6.07, 6.45) is 5.85. The number of aliphatic carboxylic acids is 1. The van der Waals surface area contributed by atoms with E-state index in [9.17, 15) is 4.79 Å². The molecule has 0 amide bonds. The van der Waals surface area contributed by atoms with Gasteiger partial charge in [0.25, 0.3) is 0 Å². The molecule has 148 valence electrons. The molecule has 0 spiro atoms. The first-order chi connectivity index (χ1) is 12.7. The molecule has 1 N–H and O–H groups in total. The Kier molecular flexibility index (Phi) is 4.68. The minimum absolute atomic E-state index is 0.0736. The SMILES string of the molecule is CC1(C)Cc2cc(Cl)cc(COC34CCC(COCC(=O)O)(CC3)C4)c2O1. The molecule has 2 saturated carbocycles. The Balaban J connectivity index is 1.42. The van der Waals surface area contributed by atoms with E-state index >= 15 is 0 Å². The van der Waals surface area contributed by atoms with Gasteiger partial charge in [0.2, 0.25) is 0 Å². The number of carbonyl (C=O) groups is 1. The summed E-state index contributed by atoms with van der Waals surface area (Å²) in [6.45, 7) is 4.95. The van der Waals surface area contributed by atoms with E-state index in [1.165, 1.54) is 0 Å². The highest BCUT2D eigenvalue weighted by Crippen LogP contribution is 2.58. The first-order valence-electron chi connectivity index (χ1n) is 9.64. The van der Waals surface area contributed by atoms with Gasteiger partial charge in [-0.1, -0.05) is 11.6 Å². The normalized spacial score (nSPS) is 30.3. The maximum Gasteiger partial charge on any atom is 0.329 e. The summed E-state index contributed by atoms with van der Waals surface area (Å²) in [5.74, 6) is 0.00971. The molecule has 1 aromatic rings. The second-order valence-electron chi connectivity index (χ2n) is 9.13. The molecular weight excluding hydrogens is 368 g/mol. The van der Waals surface area contributed by atoms with Crippen LogP contribution in [0, 0.1) is 5.41 Å². The van der Waals surface area contributed by atoms with Crippen molar-refractivity contribution in [1.29, 1.82) is 0 Å². The molecule has 2 bridgehead atoms. The summed E-state index contributed by atoms with van der Waals surface area (Å²) in [7, 11) is 0. The van der Waals surface area contributed by atoms with Crippen molar-refractivity contribution in [2.24, 2.45) is 5.41 Å². The molecule has 2 aliphatic carbocycles. The van der Waals surface area contributed by atoms with Gasteiger partial charge in [-0.2, -0.15) is 0 Å². The highest BCUT2D eigenvalue weighted by molar-refractivity contribution is 6.30. The van der Waals surface area contributed by atoms with E-state index in [1.54, 1.807) is 0 Å². The molecule has 3 aliphatic rings.